The topological polar surface area (TPSA) is 115 Å². The van der Waals surface area contributed by atoms with Crippen molar-refractivity contribution in [3.8, 4) is 5.75 Å². The van der Waals surface area contributed by atoms with E-state index in [0.29, 0.717) is 49.0 Å². The Hall–Kier alpha value is -3.24. The lowest BCUT2D eigenvalue weighted by atomic mass is 9.98. The van der Waals surface area contributed by atoms with Crippen molar-refractivity contribution in [3.05, 3.63) is 65.3 Å². The SMILES string of the molecule is COc1ccc(S(=O)(=O)N2CCCC(C(=O)Nc3ccc(Cc4noc(C(C)C)n4)cc3)C2)cc1C. The Bertz CT molecular complexity index is 1320. The van der Waals surface area contributed by atoms with E-state index in [2.05, 4.69) is 15.5 Å². The van der Waals surface area contributed by atoms with Crippen LogP contribution >= 0.6 is 0 Å². The van der Waals surface area contributed by atoms with Crippen molar-refractivity contribution in [2.75, 3.05) is 25.5 Å². The van der Waals surface area contributed by atoms with Gasteiger partial charge in [0.1, 0.15) is 5.75 Å². The molecule has 0 saturated carbocycles. The van der Waals surface area contributed by atoms with E-state index in [-0.39, 0.29) is 23.3 Å². The molecule has 2 heterocycles. The van der Waals surface area contributed by atoms with Gasteiger partial charge in [-0.05, 0) is 61.2 Å². The number of rotatable bonds is 8. The first-order valence-electron chi connectivity index (χ1n) is 12.0. The molecule has 1 fully saturated rings. The van der Waals surface area contributed by atoms with Gasteiger partial charge < -0.3 is 14.6 Å². The average molecular weight is 513 g/mol. The number of hydrogen-bond donors (Lipinski definition) is 1. The van der Waals surface area contributed by atoms with E-state index in [1.54, 1.807) is 32.2 Å². The third-order valence-electron chi connectivity index (χ3n) is 6.32. The summed E-state index contributed by atoms with van der Waals surface area (Å²) in [5.74, 6) is 1.42. The molecule has 0 bridgehead atoms. The lowest BCUT2D eigenvalue weighted by Gasteiger charge is -2.31. The highest BCUT2D eigenvalue weighted by molar-refractivity contribution is 7.89. The second kappa shape index (κ2) is 10.8. The number of sulfonamides is 1. The largest absolute Gasteiger partial charge is 0.496 e. The summed E-state index contributed by atoms with van der Waals surface area (Å²) < 4.78 is 38.3. The highest BCUT2D eigenvalue weighted by Gasteiger charge is 2.33. The van der Waals surface area contributed by atoms with Gasteiger partial charge >= 0.3 is 0 Å². The highest BCUT2D eigenvalue weighted by atomic mass is 32.2. The van der Waals surface area contributed by atoms with Crippen molar-refractivity contribution in [1.29, 1.82) is 0 Å². The minimum absolute atomic E-state index is 0.146. The van der Waals surface area contributed by atoms with Crippen molar-refractivity contribution < 1.29 is 22.5 Å². The van der Waals surface area contributed by atoms with Crippen molar-refractivity contribution in [1.82, 2.24) is 14.4 Å². The predicted molar refractivity (Wildman–Crippen MR) is 135 cm³/mol. The number of nitrogens with one attached hydrogen (secondary N) is 1. The van der Waals surface area contributed by atoms with Crippen LogP contribution in [0.15, 0.2) is 51.9 Å². The third kappa shape index (κ3) is 5.76. The molecule has 36 heavy (non-hydrogen) atoms. The summed E-state index contributed by atoms with van der Waals surface area (Å²) in [6, 6.07) is 12.3. The van der Waals surface area contributed by atoms with Crippen molar-refractivity contribution in [3.63, 3.8) is 0 Å². The van der Waals surface area contributed by atoms with Crippen LogP contribution in [0.2, 0.25) is 0 Å². The molecule has 1 amide bonds. The van der Waals surface area contributed by atoms with Gasteiger partial charge in [-0.1, -0.05) is 31.1 Å². The lowest BCUT2D eigenvalue weighted by molar-refractivity contribution is -0.120. The first-order chi connectivity index (χ1) is 17.2. The molecule has 1 aromatic heterocycles. The van der Waals surface area contributed by atoms with Gasteiger partial charge in [-0.15, -0.1) is 0 Å². The maximum Gasteiger partial charge on any atom is 0.243 e. The van der Waals surface area contributed by atoms with Crippen molar-refractivity contribution >= 4 is 21.6 Å². The number of carbonyl (C=O) groups excluding carboxylic acids is 1. The minimum atomic E-state index is -3.71. The normalized spacial score (nSPS) is 16.8. The van der Waals surface area contributed by atoms with Gasteiger partial charge in [0.25, 0.3) is 0 Å². The van der Waals surface area contributed by atoms with Crippen LogP contribution in [0.5, 0.6) is 5.75 Å². The molecule has 1 aliphatic heterocycles. The molecule has 192 valence electrons. The van der Waals surface area contributed by atoms with Crippen LogP contribution in [0, 0.1) is 12.8 Å². The Balaban J connectivity index is 1.38. The minimum Gasteiger partial charge on any atom is -0.496 e. The van der Waals surface area contributed by atoms with E-state index in [1.165, 1.54) is 4.31 Å². The summed E-state index contributed by atoms with van der Waals surface area (Å²) in [5.41, 5.74) is 2.40. The van der Waals surface area contributed by atoms with E-state index in [4.69, 9.17) is 9.26 Å². The molecule has 1 atom stereocenters. The van der Waals surface area contributed by atoms with Gasteiger partial charge in [0.05, 0.1) is 17.9 Å². The summed E-state index contributed by atoms with van der Waals surface area (Å²) in [4.78, 5) is 17.6. The summed E-state index contributed by atoms with van der Waals surface area (Å²) in [6.45, 7) is 6.33. The Kier molecular flexibility index (Phi) is 7.75. The Morgan fingerprint density at radius 1 is 1.22 bits per heavy atom. The van der Waals surface area contributed by atoms with E-state index < -0.39 is 15.9 Å². The standard InChI is InChI=1S/C26H32N4O5S/c1-17(2)26-28-24(29-35-26)15-19-7-9-21(10-8-19)27-25(31)20-6-5-13-30(16-20)36(32,33)22-11-12-23(34-4)18(3)14-22/h7-12,14,17,20H,5-6,13,15-16H2,1-4H3,(H,27,31). The number of methoxy groups -OCH3 is 1. The van der Waals surface area contributed by atoms with Gasteiger partial charge in [0.2, 0.25) is 21.8 Å². The van der Waals surface area contributed by atoms with E-state index in [9.17, 15) is 13.2 Å². The van der Waals surface area contributed by atoms with E-state index >= 15 is 0 Å². The van der Waals surface area contributed by atoms with Gasteiger partial charge in [0, 0.05) is 31.1 Å². The summed E-state index contributed by atoms with van der Waals surface area (Å²) >= 11 is 0. The molecule has 9 nitrogen and oxygen atoms in total. The number of aromatic nitrogens is 2. The lowest BCUT2D eigenvalue weighted by Crippen LogP contribution is -2.43. The molecule has 10 heteroatoms. The van der Waals surface area contributed by atoms with Gasteiger partial charge in [-0.3, -0.25) is 4.79 Å². The predicted octanol–water partition coefficient (Wildman–Crippen LogP) is 4.14. The number of anilines is 1. The number of hydrogen-bond acceptors (Lipinski definition) is 7. The molecule has 0 spiro atoms. The van der Waals surface area contributed by atoms with Crippen LogP contribution in [0.3, 0.4) is 0 Å². The van der Waals surface area contributed by atoms with Crippen molar-refractivity contribution in [2.45, 2.75) is 50.8 Å². The van der Waals surface area contributed by atoms with Crippen LogP contribution in [-0.2, 0) is 21.2 Å². The number of piperidine rings is 1. The molecule has 3 aromatic rings. The molecule has 1 saturated heterocycles. The highest BCUT2D eigenvalue weighted by Crippen LogP contribution is 2.28. The fourth-order valence-electron chi connectivity index (χ4n) is 4.24. The number of amides is 1. The molecule has 0 radical (unpaired) electrons. The van der Waals surface area contributed by atoms with Crippen molar-refractivity contribution in [2.24, 2.45) is 5.92 Å². The number of aryl methyl sites for hydroxylation is 1. The van der Waals surface area contributed by atoms with Gasteiger partial charge in [-0.2, -0.15) is 9.29 Å². The van der Waals surface area contributed by atoms with Crippen LogP contribution in [0.4, 0.5) is 5.69 Å². The molecular weight excluding hydrogens is 480 g/mol. The Labute approximate surface area is 211 Å². The zero-order valence-corrected chi connectivity index (χ0v) is 21.8. The second-order valence-electron chi connectivity index (χ2n) is 9.40. The first-order valence-corrected chi connectivity index (χ1v) is 13.5. The van der Waals surface area contributed by atoms with Crippen LogP contribution in [0.25, 0.3) is 0 Å². The monoisotopic (exact) mass is 512 g/mol. The molecule has 1 unspecified atom stereocenters. The molecular formula is C26H32N4O5S. The number of benzene rings is 2. The Morgan fingerprint density at radius 3 is 2.61 bits per heavy atom. The first kappa shape index (κ1) is 25.8. The Morgan fingerprint density at radius 2 is 1.97 bits per heavy atom. The van der Waals surface area contributed by atoms with Crippen LogP contribution < -0.4 is 10.1 Å². The number of nitrogens with zero attached hydrogens (tertiary/aromatic N) is 3. The number of ether oxygens (including phenoxy) is 1. The zero-order chi connectivity index (χ0) is 25.9. The average Bonchev–Trinajstić information content (AvgIpc) is 3.34. The van der Waals surface area contributed by atoms with Crippen LogP contribution in [-0.4, -0.2) is 49.0 Å². The molecule has 0 aliphatic carbocycles. The van der Waals surface area contributed by atoms with Gasteiger partial charge in [0.15, 0.2) is 5.82 Å². The second-order valence-corrected chi connectivity index (χ2v) is 11.3. The fraction of sp³-hybridized carbons (Fsp3) is 0.423. The number of carbonyl (C=O) groups is 1. The maximum atomic E-state index is 13.2. The molecule has 1 N–H and O–H groups in total. The third-order valence-corrected chi connectivity index (χ3v) is 8.18. The van der Waals surface area contributed by atoms with E-state index in [0.717, 1.165) is 11.1 Å². The smallest absolute Gasteiger partial charge is 0.243 e. The van der Waals surface area contributed by atoms with E-state index in [1.807, 2.05) is 38.1 Å². The quantitative estimate of drug-likeness (QED) is 0.482. The summed E-state index contributed by atoms with van der Waals surface area (Å²) in [6.07, 6.45) is 1.78. The molecule has 4 rings (SSSR count). The zero-order valence-electron chi connectivity index (χ0n) is 21.0. The maximum absolute atomic E-state index is 13.2. The van der Waals surface area contributed by atoms with Gasteiger partial charge in [-0.25, -0.2) is 8.42 Å². The fourth-order valence-corrected chi connectivity index (χ4v) is 5.85. The molecule has 1 aliphatic rings. The summed E-state index contributed by atoms with van der Waals surface area (Å²) in [7, 11) is -2.16. The molecule has 2 aromatic carbocycles. The van der Waals surface area contributed by atoms with Crippen LogP contribution in [0.1, 0.15) is 55.4 Å². The summed E-state index contributed by atoms with van der Waals surface area (Å²) in [5, 5.41) is 6.94.